The van der Waals surface area contributed by atoms with Gasteiger partial charge in [-0.05, 0) is 5.56 Å². The molecule has 21 heavy (non-hydrogen) atoms. The van der Waals surface area contributed by atoms with Crippen molar-refractivity contribution in [3.63, 3.8) is 0 Å². The standard InChI is InChI=1S/C14H19NO5S/c16-13(14(17)15-6-8-18-9-7-15)11-21-20-19-10-12-4-2-1-3-5-12/h1-5,13,16H,6-11H2/t13-/m0/s1. The van der Waals surface area contributed by atoms with Crippen molar-refractivity contribution < 1.29 is 23.9 Å². The molecule has 0 spiro atoms. The molecule has 1 aromatic carbocycles. The third-order valence-electron chi connectivity index (χ3n) is 3.00. The average Bonchev–Trinajstić information content (AvgIpc) is 2.55. The van der Waals surface area contributed by atoms with Gasteiger partial charge in [-0.2, -0.15) is 4.33 Å². The number of benzene rings is 1. The number of aliphatic hydroxyl groups is 1. The smallest absolute Gasteiger partial charge is 0.252 e. The molecule has 0 radical (unpaired) electrons. The van der Waals surface area contributed by atoms with E-state index in [-0.39, 0.29) is 11.7 Å². The minimum Gasteiger partial charge on any atom is -0.382 e. The summed E-state index contributed by atoms with van der Waals surface area (Å²) in [5.41, 5.74) is 0.989. The summed E-state index contributed by atoms with van der Waals surface area (Å²) in [6.07, 6.45) is -1.09. The molecular weight excluding hydrogens is 294 g/mol. The molecule has 6 nitrogen and oxygen atoms in total. The van der Waals surface area contributed by atoms with E-state index in [9.17, 15) is 9.90 Å². The number of nitrogens with zero attached hydrogens (tertiary/aromatic N) is 1. The number of carbonyl (C=O) groups is 1. The van der Waals surface area contributed by atoms with E-state index in [1.807, 2.05) is 30.3 Å². The van der Waals surface area contributed by atoms with Gasteiger partial charge in [-0.15, -0.1) is 0 Å². The molecule has 0 aliphatic carbocycles. The lowest BCUT2D eigenvalue weighted by Gasteiger charge is -2.28. The van der Waals surface area contributed by atoms with E-state index in [4.69, 9.17) is 14.0 Å². The molecule has 2 rings (SSSR count). The third kappa shape index (κ3) is 5.64. The Hall–Kier alpha value is -1.12. The molecule has 1 aliphatic heterocycles. The maximum absolute atomic E-state index is 11.9. The van der Waals surface area contributed by atoms with Crippen molar-refractivity contribution in [1.29, 1.82) is 0 Å². The molecule has 1 atom stereocenters. The topological polar surface area (TPSA) is 68.2 Å². The van der Waals surface area contributed by atoms with Gasteiger partial charge in [-0.3, -0.25) is 4.79 Å². The predicted octanol–water partition coefficient (Wildman–Crippen LogP) is 1.00. The summed E-state index contributed by atoms with van der Waals surface area (Å²) in [6.45, 7) is 2.39. The largest absolute Gasteiger partial charge is 0.382 e. The Morgan fingerprint density at radius 3 is 2.76 bits per heavy atom. The number of rotatable bonds is 7. The van der Waals surface area contributed by atoms with Gasteiger partial charge in [0.15, 0.2) is 0 Å². The molecule has 1 saturated heterocycles. The van der Waals surface area contributed by atoms with Gasteiger partial charge in [0.05, 0.1) is 19.0 Å². The lowest BCUT2D eigenvalue weighted by Crippen LogP contribution is -2.46. The molecule has 116 valence electrons. The summed E-state index contributed by atoms with van der Waals surface area (Å²) in [5.74, 6) is -0.164. The van der Waals surface area contributed by atoms with Gasteiger partial charge in [0.1, 0.15) is 12.7 Å². The number of hydrogen-bond acceptors (Lipinski definition) is 6. The second kappa shape index (κ2) is 9.01. The van der Waals surface area contributed by atoms with Gasteiger partial charge < -0.3 is 14.7 Å². The number of hydrogen-bond donors (Lipinski definition) is 1. The van der Waals surface area contributed by atoms with Gasteiger partial charge in [-0.25, -0.2) is 4.89 Å². The highest BCUT2D eigenvalue weighted by molar-refractivity contribution is 7.94. The third-order valence-corrected chi connectivity index (χ3v) is 3.64. The summed E-state index contributed by atoms with van der Waals surface area (Å²) in [7, 11) is 0. The van der Waals surface area contributed by atoms with Crippen LogP contribution in [0.3, 0.4) is 0 Å². The van der Waals surface area contributed by atoms with Crippen molar-refractivity contribution in [1.82, 2.24) is 4.90 Å². The number of morpholine rings is 1. The second-order valence-electron chi connectivity index (χ2n) is 4.55. The quantitative estimate of drug-likeness (QED) is 0.351. The van der Waals surface area contributed by atoms with Crippen molar-refractivity contribution in [2.45, 2.75) is 12.7 Å². The lowest BCUT2D eigenvalue weighted by molar-refractivity contribution is -0.202. The molecule has 7 heteroatoms. The van der Waals surface area contributed by atoms with Crippen LogP contribution in [0.5, 0.6) is 0 Å². The van der Waals surface area contributed by atoms with E-state index < -0.39 is 6.10 Å². The highest BCUT2D eigenvalue weighted by atomic mass is 32.2. The van der Waals surface area contributed by atoms with E-state index in [0.29, 0.717) is 32.9 Å². The maximum atomic E-state index is 11.9. The Balaban J connectivity index is 1.58. The summed E-state index contributed by atoms with van der Waals surface area (Å²) in [5, 5.41) is 9.80. The Labute approximate surface area is 128 Å². The average molecular weight is 313 g/mol. The van der Waals surface area contributed by atoms with Crippen LogP contribution < -0.4 is 0 Å². The van der Waals surface area contributed by atoms with Crippen LogP contribution >= 0.6 is 12.0 Å². The molecule has 0 saturated carbocycles. The first-order chi connectivity index (χ1) is 10.3. The van der Waals surface area contributed by atoms with Crippen LogP contribution in [0.1, 0.15) is 5.56 Å². The van der Waals surface area contributed by atoms with Crippen molar-refractivity contribution >= 4 is 17.9 Å². The molecule has 1 fully saturated rings. The molecular formula is C14H19NO5S. The molecule has 1 heterocycles. The first-order valence-corrected chi connectivity index (χ1v) is 7.68. The fourth-order valence-corrected chi connectivity index (χ4v) is 2.30. The van der Waals surface area contributed by atoms with E-state index in [1.54, 1.807) is 4.90 Å². The zero-order valence-corrected chi connectivity index (χ0v) is 12.5. The first-order valence-electron chi connectivity index (χ1n) is 6.77. The van der Waals surface area contributed by atoms with E-state index in [0.717, 1.165) is 17.6 Å². The van der Waals surface area contributed by atoms with E-state index in [1.165, 1.54) is 0 Å². The van der Waals surface area contributed by atoms with Crippen molar-refractivity contribution in [2.75, 3.05) is 32.1 Å². The van der Waals surface area contributed by atoms with Crippen molar-refractivity contribution in [3.05, 3.63) is 35.9 Å². The molecule has 1 aromatic rings. The van der Waals surface area contributed by atoms with Crippen molar-refractivity contribution in [3.8, 4) is 0 Å². The number of ether oxygens (including phenoxy) is 1. The maximum Gasteiger partial charge on any atom is 0.252 e. The minimum atomic E-state index is -1.09. The van der Waals surface area contributed by atoms with Gasteiger partial charge in [-0.1, -0.05) is 30.3 Å². The fourth-order valence-electron chi connectivity index (χ4n) is 1.86. The Morgan fingerprint density at radius 2 is 2.05 bits per heavy atom. The van der Waals surface area contributed by atoms with Crippen LogP contribution in [0, 0.1) is 0 Å². The van der Waals surface area contributed by atoms with Crippen LogP contribution in [0.25, 0.3) is 0 Å². The second-order valence-corrected chi connectivity index (χ2v) is 5.26. The first kappa shape index (κ1) is 16.3. The summed E-state index contributed by atoms with van der Waals surface area (Å²) in [6, 6.07) is 9.59. The molecule has 1 N–H and O–H groups in total. The van der Waals surface area contributed by atoms with Gasteiger partial charge in [0, 0.05) is 25.1 Å². The predicted molar refractivity (Wildman–Crippen MR) is 78.2 cm³/mol. The molecule has 0 aromatic heterocycles. The fraction of sp³-hybridized carbons (Fsp3) is 0.500. The zero-order valence-electron chi connectivity index (χ0n) is 11.6. The van der Waals surface area contributed by atoms with Gasteiger partial charge in [0.25, 0.3) is 5.91 Å². The summed E-state index contributed by atoms with van der Waals surface area (Å²) >= 11 is 0.922. The zero-order chi connectivity index (χ0) is 14.9. The number of amides is 1. The summed E-state index contributed by atoms with van der Waals surface area (Å²) in [4.78, 5) is 18.5. The van der Waals surface area contributed by atoms with Gasteiger partial charge in [0.2, 0.25) is 0 Å². The van der Waals surface area contributed by atoms with Gasteiger partial charge >= 0.3 is 0 Å². The minimum absolute atomic E-state index is 0.130. The Morgan fingerprint density at radius 1 is 1.33 bits per heavy atom. The lowest BCUT2D eigenvalue weighted by atomic mass is 10.2. The monoisotopic (exact) mass is 313 g/mol. The molecule has 1 aliphatic rings. The Kier molecular flexibility index (Phi) is 6.98. The molecule has 0 unspecified atom stereocenters. The summed E-state index contributed by atoms with van der Waals surface area (Å²) < 4.78 is 10.1. The normalized spacial score (nSPS) is 16.7. The highest BCUT2D eigenvalue weighted by Crippen LogP contribution is 2.11. The van der Waals surface area contributed by atoms with Crippen LogP contribution in [-0.4, -0.2) is 54.1 Å². The van der Waals surface area contributed by atoms with Crippen LogP contribution in [-0.2, 0) is 25.4 Å². The molecule has 1 amide bonds. The highest BCUT2D eigenvalue weighted by Gasteiger charge is 2.24. The Bertz CT molecular complexity index is 425. The van der Waals surface area contributed by atoms with Crippen LogP contribution in [0.2, 0.25) is 0 Å². The van der Waals surface area contributed by atoms with Crippen LogP contribution in [0.4, 0.5) is 0 Å². The number of carbonyl (C=O) groups excluding carboxylic acids is 1. The molecule has 0 bridgehead atoms. The van der Waals surface area contributed by atoms with E-state index in [2.05, 4.69) is 0 Å². The van der Waals surface area contributed by atoms with E-state index >= 15 is 0 Å². The number of aliphatic hydroxyl groups excluding tert-OH is 1. The van der Waals surface area contributed by atoms with Crippen LogP contribution in [0.15, 0.2) is 30.3 Å². The SMILES string of the molecule is O=C([C@@H](O)CSOOCc1ccccc1)N1CCOCC1. The van der Waals surface area contributed by atoms with Crippen molar-refractivity contribution in [2.24, 2.45) is 0 Å².